The highest BCUT2D eigenvalue weighted by molar-refractivity contribution is 5.60. The SMILES string of the molecule is C[C@@H](c1cccnc1)N1CCN(c2cccc(F)c2C#N)CC1. The fraction of sp³-hybridized carbons (Fsp3) is 0.333. The monoisotopic (exact) mass is 310 g/mol. The van der Waals surface area contributed by atoms with Gasteiger partial charge < -0.3 is 4.90 Å². The number of pyridine rings is 1. The number of aromatic nitrogens is 1. The zero-order valence-corrected chi connectivity index (χ0v) is 13.1. The van der Waals surface area contributed by atoms with Crippen LogP contribution in [0.15, 0.2) is 42.7 Å². The summed E-state index contributed by atoms with van der Waals surface area (Å²) in [5, 5.41) is 9.18. The second-order valence-electron chi connectivity index (χ2n) is 5.73. The largest absolute Gasteiger partial charge is 0.368 e. The third-order valence-electron chi connectivity index (χ3n) is 4.47. The first-order valence-corrected chi connectivity index (χ1v) is 7.78. The molecule has 1 fully saturated rings. The molecule has 0 N–H and O–H groups in total. The molecule has 118 valence electrons. The number of piperazine rings is 1. The Hall–Kier alpha value is -2.45. The average Bonchev–Trinajstić information content (AvgIpc) is 2.62. The van der Waals surface area contributed by atoms with E-state index in [0.717, 1.165) is 26.2 Å². The van der Waals surface area contributed by atoms with Crippen LogP contribution in [-0.2, 0) is 0 Å². The highest BCUT2D eigenvalue weighted by Gasteiger charge is 2.24. The Morgan fingerprint density at radius 2 is 1.96 bits per heavy atom. The van der Waals surface area contributed by atoms with Crippen molar-refractivity contribution in [3.05, 3.63) is 59.7 Å². The van der Waals surface area contributed by atoms with Crippen molar-refractivity contribution in [1.82, 2.24) is 9.88 Å². The van der Waals surface area contributed by atoms with Gasteiger partial charge in [0.25, 0.3) is 0 Å². The summed E-state index contributed by atoms with van der Waals surface area (Å²) in [4.78, 5) is 8.66. The summed E-state index contributed by atoms with van der Waals surface area (Å²) < 4.78 is 13.8. The predicted molar refractivity (Wildman–Crippen MR) is 87.6 cm³/mol. The van der Waals surface area contributed by atoms with E-state index in [1.807, 2.05) is 24.4 Å². The first kappa shape index (κ1) is 15.4. The van der Waals surface area contributed by atoms with Crippen molar-refractivity contribution in [3.8, 4) is 6.07 Å². The number of hydrogen-bond donors (Lipinski definition) is 0. The Labute approximate surface area is 135 Å². The molecule has 1 aromatic carbocycles. The molecule has 2 heterocycles. The highest BCUT2D eigenvalue weighted by Crippen LogP contribution is 2.26. The van der Waals surface area contributed by atoms with Gasteiger partial charge in [-0.1, -0.05) is 12.1 Å². The van der Waals surface area contributed by atoms with Crippen molar-refractivity contribution >= 4 is 5.69 Å². The standard InChI is InChI=1S/C18H19FN4/c1-14(15-4-3-7-21-13-15)22-8-10-23(11-9-22)18-6-2-5-17(19)16(18)12-20/h2-7,13-14H,8-11H2,1H3/t14-/m0/s1. The summed E-state index contributed by atoms with van der Waals surface area (Å²) in [6, 6.07) is 11.1. The van der Waals surface area contributed by atoms with E-state index in [1.165, 1.54) is 11.6 Å². The van der Waals surface area contributed by atoms with Crippen LogP contribution >= 0.6 is 0 Å². The fourth-order valence-electron chi connectivity index (χ4n) is 3.07. The lowest BCUT2D eigenvalue weighted by Crippen LogP contribution is -2.47. The smallest absolute Gasteiger partial charge is 0.143 e. The maximum absolute atomic E-state index is 13.8. The fourth-order valence-corrected chi connectivity index (χ4v) is 3.07. The highest BCUT2D eigenvalue weighted by atomic mass is 19.1. The topological polar surface area (TPSA) is 43.2 Å². The summed E-state index contributed by atoms with van der Waals surface area (Å²) in [6.07, 6.45) is 3.68. The van der Waals surface area contributed by atoms with Gasteiger partial charge >= 0.3 is 0 Å². The molecule has 0 bridgehead atoms. The van der Waals surface area contributed by atoms with Gasteiger partial charge in [-0.05, 0) is 30.7 Å². The summed E-state index contributed by atoms with van der Waals surface area (Å²) in [5.74, 6) is -0.448. The number of halogens is 1. The van der Waals surface area contributed by atoms with E-state index in [-0.39, 0.29) is 5.56 Å². The molecule has 2 aromatic rings. The lowest BCUT2D eigenvalue weighted by atomic mass is 10.1. The molecule has 0 spiro atoms. The molecular weight excluding hydrogens is 291 g/mol. The van der Waals surface area contributed by atoms with Crippen LogP contribution in [0.5, 0.6) is 0 Å². The molecule has 1 atom stereocenters. The molecule has 0 radical (unpaired) electrons. The van der Waals surface area contributed by atoms with E-state index >= 15 is 0 Å². The number of nitriles is 1. The molecule has 0 amide bonds. The van der Waals surface area contributed by atoms with Gasteiger partial charge in [0.2, 0.25) is 0 Å². The Morgan fingerprint density at radius 3 is 2.61 bits per heavy atom. The van der Waals surface area contributed by atoms with Crippen molar-refractivity contribution in [2.45, 2.75) is 13.0 Å². The van der Waals surface area contributed by atoms with Crippen LogP contribution in [0.25, 0.3) is 0 Å². The van der Waals surface area contributed by atoms with Crippen LogP contribution < -0.4 is 4.90 Å². The number of hydrogen-bond acceptors (Lipinski definition) is 4. The van der Waals surface area contributed by atoms with Crippen molar-refractivity contribution in [2.75, 3.05) is 31.1 Å². The van der Waals surface area contributed by atoms with E-state index in [2.05, 4.69) is 27.8 Å². The second-order valence-corrected chi connectivity index (χ2v) is 5.73. The van der Waals surface area contributed by atoms with Crippen molar-refractivity contribution in [2.24, 2.45) is 0 Å². The third kappa shape index (κ3) is 3.17. The molecule has 1 aliphatic rings. The predicted octanol–water partition coefficient (Wildman–Crippen LogP) is 2.98. The van der Waals surface area contributed by atoms with Gasteiger partial charge in [-0.3, -0.25) is 9.88 Å². The molecule has 4 nitrogen and oxygen atoms in total. The third-order valence-corrected chi connectivity index (χ3v) is 4.47. The maximum atomic E-state index is 13.8. The van der Waals surface area contributed by atoms with Gasteiger partial charge in [0.1, 0.15) is 17.4 Å². The van der Waals surface area contributed by atoms with Crippen molar-refractivity contribution in [1.29, 1.82) is 5.26 Å². The summed E-state index contributed by atoms with van der Waals surface area (Å²) in [7, 11) is 0. The van der Waals surface area contributed by atoms with Crippen LogP contribution in [-0.4, -0.2) is 36.1 Å². The molecule has 1 aliphatic heterocycles. The first-order chi connectivity index (χ1) is 11.2. The van der Waals surface area contributed by atoms with Gasteiger partial charge in [0.15, 0.2) is 0 Å². The number of anilines is 1. The van der Waals surface area contributed by atoms with Crippen LogP contribution in [0.3, 0.4) is 0 Å². The summed E-state index contributed by atoms with van der Waals surface area (Å²) in [6.45, 7) is 5.48. The Balaban J connectivity index is 1.70. The number of nitrogens with zero attached hydrogens (tertiary/aromatic N) is 4. The van der Waals surface area contributed by atoms with Crippen LogP contribution in [0.1, 0.15) is 24.1 Å². The second kappa shape index (κ2) is 6.76. The van der Waals surface area contributed by atoms with Gasteiger partial charge in [-0.25, -0.2) is 4.39 Å². The van der Waals surface area contributed by atoms with E-state index in [1.54, 1.807) is 12.3 Å². The molecular formula is C18H19FN4. The van der Waals surface area contributed by atoms with Gasteiger partial charge in [0.05, 0.1) is 5.69 Å². The quantitative estimate of drug-likeness (QED) is 0.874. The van der Waals surface area contributed by atoms with E-state index in [0.29, 0.717) is 11.7 Å². The minimum Gasteiger partial charge on any atom is -0.368 e. The Bertz CT molecular complexity index is 703. The normalized spacial score (nSPS) is 16.8. The first-order valence-electron chi connectivity index (χ1n) is 7.78. The molecule has 3 rings (SSSR count). The molecule has 0 unspecified atom stereocenters. The zero-order valence-electron chi connectivity index (χ0n) is 13.1. The Kier molecular flexibility index (Phi) is 4.54. The molecule has 23 heavy (non-hydrogen) atoms. The van der Waals surface area contributed by atoms with Crippen LogP contribution in [0.4, 0.5) is 10.1 Å². The molecule has 1 saturated heterocycles. The van der Waals surface area contributed by atoms with Crippen molar-refractivity contribution < 1.29 is 4.39 Å². The van der Waals surface area contributed by atoms with E-state index < -0.39 is 5.82 Å². The van der Waals surface area contributed by atoms with Crippen LogP contribution in [0, 0.1) is 17.1 Å². The summed E-state index contributed by atoms with van der Waals surface area (Å²) >= 11 is 0. The van der Waals surface area contributed by atoms with Crippen molar-refractivity contribution in [3.63, 3.8) is 0 Å². The van der Waals surface area contributed by atoms with E-state index in [9.17, 15) is 9.65 Å². The molecule has 5 heteroatoms. The molecule has 0 saturated carbocycles. The van der Waals surface area contributed by atoms with Gasteiger partial charge in [0, 0.05) is 44.6 Å². The minimum absolute atomic E-state index is 0.140. The van der Waals surface area contributed by atoms with Gasteiger partial charge in [-0.15, -0.1) is 0 Å². The lowest BCUT2D eigenvalue weighted by Gasteiger charge is -2.39. The number of rotatable bonds is 3. The molecule has 0 aliphatic carbocycles. The summed E-state index contributed by atoms with van der Waals surface area (Å²) in [5.41, 5.74) is 2.03. The van der Waals surface area contributed by atoms with E-state index in [4.69, 9.17) is 0 Å². The average molecular weight is 310 g/mol. The lowest BCUT2D eigenvalue weighted by molar-refractivity contribution is 0.198. The zero-order chi connectivity index (χ0) is 16.2. The Morgan fingerprint density at radius 1 is 1.17 bits per heavy atom. The maximum Gasteiger partial charge on any atom is 0.143 e. The number of benzene rings is 1. The minimum atomic E-state index is -0.448. The molecule has 1 aromatic heterocycles. The van der Waals surface area contributed by atoms with Crippen LogP contribution in [0.2, 0.25) is 0 Å². The van der Waals surface area contributed by atoms with Gasteiger partial charge in [-0.2, -0.15) is 5.26 Å².